The Morgan fingerprint density at radius 2 is 2.32 bits per heavy atom. The minimum Gasteiger partial charge on any atom is -0.392 e. The molecular formula is C14H16N2O2S. The molecule has 2 N–H and O–H groups in total. The first-order chi connectivity index (χ1) is 9.21. The predicted molar refractivity (Wildman–Crippen MR) is 76.2 cm³/mol. The Bertz CT molecular complexity index is 566. The highest BCUT2D eigenvalue weighted by Gasteiger charge is 2.07. The van der Waals surface area contributed by atoms with Crippen molar-refractivity contribution in [3.8, 4) is 0 Å². The molecule has 5 heteroatoms. The van der Waals surface area contributed by atoms with E-state index in [1.54, 1.807) is 29.5 Å². The second kappa shape index (κ2) is 6.45. The van der Waals surface area contributed by atoms with Gasteiger partial charge in [-0.2, -0.15) is 0 Å². The first-order valence-electron chi connectivity index (χ1n) is 6.14. The summed E-state index contributed by atoms with van der Waals surface area (Å²) in [5.41, 5.74) is 2.28. The fourth-order valence-corrected chi connectivity index (χ4v) is 2.45. The average molecular weight is 276 g/mol. The maximum atomic E-state index is 11.9. The molecule has 1 aromatic carbocycles. The van der Waals surface area contributed by atoms with Crippen LogP contribution in [0.1, 0.15) is 23.2 Å². The summed E-state index contributed by atoms with van der Waals surface area (Å²) in [4.78, 5) is 16.2. The molecule has 0 saturated heterocycles. The number of hydrogen-bond acceptors (Lipinski definition) is 4. The number of amides is 1. The zero-order valence-corrected chi connectivity index (χ0v) is 11.5. The van der Waals surface area contributed by atoms with Gasteiger partial charge in [0.1, 0.15) is 0 Å². The highest BCUT2D eigenvalue weighted by Crippen LogP contribution is 2.13. The summed E-state index contributed by atoms with van der Waals surface area (Å²) in [7, 11) is 0. The van der Waals surface area contributed by atoms with E-state index < -0.39 is 0 Å². The van der Waals surface area contributed by atoms with Crippen LogP contribution in [0.5, 0.6) is 0 Å². The third kappa shape index (κ3) is 3.87. The summed E-state index contributed by atoms with van der Waals surface area (Å²) in [5.74, 6) is -0.0944. The average Bonchev–Trinajstić information content (AvgIpc) is 2.86. The van der Waals surface area contributed by atoms with Crippen LogP contribution in [0.3, 0.4) is 0 Å². The van der Waals surface area contributed by atoms with E-state index in [9.17, 15) is 4.79 Å². The molecule has 0 saturated carbocycles. The zero-order valence-electron chi connectivity index (χ0n) is 10.7. The lowest BCUT2D eigenvalue weighted by Gasteiger charge is -2.05. The lowest BCUT2D eigenvalue weighted by molar-refractivity contribution is -0.115. The highest BCUT2D eigenvalue weighted by atomic mass is 32.1. The number of benzene rings is 1. The molecule has 0 aliphatic rings. The first kappa shape index (κ1) is 13.7. The second-order valence-electron chi connectivity index (χ2n) is 4.17. The van der Waals surface area contributed by atoms with Gasteiger partial charge in [-0.1, -0.05) is 19.1 Å². The monoisotopic (exact) mass is 276 g/mol. The predicted octanol–water partition coefficient (Wildman–Crippen LogP) is 2.38. The number of aliphatic hydroxyl groups excluding tert-OH is 1. The lowest BCUT2D eigenvalue weighted by atomic mass is 10.2. The fraction of sp³-hybridized carbons (Fsp3) is 0.286. The van der Waals surface area contributed by atoms with Gasteiger partial charge >= 0.3 is 0 Å². The van der Waals surface area contributed by atoms with Crippen molar-refractivity contribution >= 4 is 22.9 Å². The summed E-state index contributed by atoms with van der Waals surface area (Å²) in [6, 6.07) is 7.18. The Kier molecular flexibility index (Phi) is 4.65. The Hall–Kier alpha value is -1.72. The van der Waals surface area contributed by atoms with Crippen molar-refractivity contribution in [2.75, 3.05) is 5.32 Å². The third-order valence-electron chi connectivity index (χ3n) is 2.64. The van der Waals surface area contributed by atoms with Crippen molar-refractivity contribution in [2.45, 2.75) is 26.4 Å². The van der Waals surface area contributed by atoms with Gasteiger partial charge in [0.15, 0.2) is 0 Å². The van der Waals surface area contributed by atoms with E-state index in [0.717, 1.165) is 22.7 Å². The molecule has 19 heavy (non-hydrogen) atoms. The van der Waals surface area contributed by atoms with Crippen molar-refractivity contribution in [1.82, 2.24) is 4.98 Å². The number of nitrogens with zero attached hydrogens (tertiary/aromatic N) is 1. The van der Waals surface area contributed by atoms with Crippen LogP contribution in [0.15, 0.2) is 29.6 Å². The minimum atomic E-state index is -0.0944. The number of nitrogens with one attached hydrogen (secondary N) is 1. The minimum absolute atomic E-state index is 0.0321. The SMILES string of the molecule is CCc1nc(CC(=O)Nc2cccc(CO)c2)cs1. The van der Waals surface area contributed by atoms with Gasteiger partial charge in [-0.05, 0) is 24.1 Å². The van der Waals surface area contributed by atoms with Crippen LogP contribution >= 0.6 is 11.3 Å². The van der Waals surface area contributed by atoms with Gasteiger partial charge in [0.25, 0.3) is 0 Å². The molecule has 1 heterocycles. The van der Waals surface area contributed by atoms with E-state index in [1.165, 1.54) is 0 Å². The molecule has 100 valence electrons. The van der Waals surface area contributed by atoms with Gasteiger partial charge in [0, 0.05) is 11.1 Å². The number of carbonyl (C=O) groups is 1. The molecule has 0 aliphatic carbocycles. The Morgan fingerprint density at radius 1 is 1.47 bits per heavy atom. The van der Waals surface area contributed by atoms with E-state index in [-0.39, 0.29) is 18.9 Å². The number of hydrogen-bond donors (Lipinski definition) is 2. The molecule has 2 aromatic rings. The number of anilines is 1. The molecule has 0 fully saturated rings. The second-order valence-corrected chi connectivity index (χ2v) is 5.11. The van der Waals surface area contributed by atoms with Crippen molar-refractivity contribution in [3.05, 3.63) is 45.9 Å². The van der Waals surface area contributed by atoms with Crippen molar-refractivity contribution < 1.29 is 9.90 Å². The van der Waals surface area contributed by atoms with Gasteiger partial charge in [-0.15, -0.1) is 11.3 Å². The van der Waals surface area contributed by atoms with Crippen LogP contribution in [0.25, 0.3) is 0 Å². The van der Waals surface area contributed by atoms with Gasteiger partial charge in [0.05, 0.1) is 23.7 Å². The quantitative estimate of drug-likeness (QED) is 0.881. The van der Waals surface area contributed by atoms with E-state index >= 15 is 0 Å². The number of rotatable bonds is 5. The number of aromatic nitrogens is 1. The number of thiazole rings is 1. The normalized spacial score (nSPS) is 10.4. The molecule has 0 aliphatic heterocycles. The van der Waals surface area contributed by atoms with Crippen molar-refractivity contribution in [2.24, 2.45) is 0 Å². The summed E-state index contributed by atoms with van der Waals surface area (Å²) < 4.78 is 0. The van der Waals surface area contributed by atoms with E-state index in [1.807, 2.05) is 18.4 Å². The van der Waals surface area contributed by atoms with Crippen LogP contribution in [0.4, 0.5) is 5.69 Å². The Morgan fingerprint density at radius 3 is 3.00 bits per heavy atom. The smallest absolute Gasteiger partial charge is 0.230 e. The number of aryl methyl sites for hydroxylation is 1. The largest absolute Gasteiger partial charge is 0.392 e. The summed E-state index contributed by atoms with van der Waals surface area (Å²) in [6.45, 7) is 2.01. The van der Waals surface area contributed by atoms with Crippen LogP contribution in [0.2, 0.25) is 0 Å². The standard InChI is InChI=1S/C14H16N2O2S/c1-2-14-16-12(9-19-14)7-13(18)15-11-5-3-4-10(6-11)8-17/h3-6,9,17H,2,7-8H2,1H3,(H,15,18). The Labute approximate surface area is 116 Å². The molecular weight excluding hydrogens is 260 g/mol. The summed E-state index contributed by atoms with van der Waals surface area (Å²) in [5, 5.41) is 14.8. The maximum Gasteiger partial charge on any atom is 0.230 e. The summed E-state index contributed by atoms with van der Waals surface area (Å²) >= 11 is 1.58. The van der Waals surface area contributed by atoms with Crippen molar-refractivity contribution in [1.29, 1.82) is 0 Å². The highest BCUT2D eigenvalue weighted by molar-refractivity contribution is 7.09. The molecule has 1 amide bonds. The van der Waals surface area contributed by atoms with Gasteiger partial charge in [-0.25, -0.2) is 4.98 Å². The van der Waals surface area contributed by atoms with E-state index in [4.69, 9.17) is 5.11 Å². The Balaban J connectivity index is 1.96. The number of carbonyl (C=O) groups excluding carboxylic acids is 1. The molecule has 0 bridgehead atoms. The van der Waals surface area contributed by atoms with Crippen LogP contribution in [-0.2, 0) is 24.2 Å². The molecule has 1 aromatic heterocycles. The topological polar surface area (TPSA) is 62.2 Å². The lowest BCUT2D eigenvalue weighted by Crippen LogP contribution is -2.14. The molecule has 2 rings (SSSR count). The van der Waals surface area contributed by atoms with Gasteiger partial charge in [-0.3, -0.25) is 4.79 Å². The molecule has 0 unspecified atom stereocenters. The van der Waals surface area contributed by atoms with Crippen molar-refractivity contribution in [3.63, 3.8) is 0 Å². The van der Waals surface area contributed by atoms with E-state index in [0.29, 0.717) is 5.69 Å². The number of aliphatic hydroxyl groups is 1. The van der Waals surface area contributed by atoms with Crippen LogP contribution in [-0.4, -0.2) is 16.0 Å². The summed E-state index contributed by atoms with van der Waals surface area (Å²) in [6.07, 6.45) is 1.17. The van der Waals surface area contributed by atoms with Crippen LogP contribution < -0.4 is 5.32 Å². The molecule has 4 nitrogen and oxygen atoms in total. The molecule has 0 radical (unpaired) electrons. The van der Waals surface area contributed by atoms with Crippen LogP contribution in [0, 0.1) is 0 Å². The first-order valence-corrected chi connectivity index (χ1v) is 7.02. The third-order valence-corrected chi connectivity index (χ3v) is 3.68. The van der Waals surface area contributed by atoms with E-state index in [2.05, 4.69) is 10.3 Å². The molecule has 0 spiro atoms. The molecule has 0 atom stereocenters. The van der Waals surface area contributed by atoms with Gasteiger partial charge < -0.3 is 10.4 Å². The zero-order chi connectivity index (χ0) is 13.7. The van der Waals surface area contributed by atoms with Gasteiger partial charge in [0.2, 0.25) is 5.91 Å². The maximum absolute atomic E-state index is 11.9. The fourth-order valence-electron chi connectivity index (χ4n) is 1.71.